The summed E-state index contributed by atoms with van der Waals surface area (Å²) in [5.74, 6) is 0.0695. The summed E-state index contributed by atoms with van der Waals surface area (Å²) in [5, 5.41) is 0. The Morgan fingerprint density at radius 2 is 1.65 bits per heavy atom. The molecule has 6 heteroatoms. The average molecular weight is 523 g/mol. The molecular weight excluding hydrogens is 486 g/mol. The van der Waals surface area contributed by atoms with Crippen molar-refractivity contribution in [1.82, 2.24) is 0 Å². The molecule has 37 heavy (non-hydrogen) atoms. The molecule has 2 heterocycles. The first-order valence-electron chi connectivity index (χ1n) is 13.4. The van der Waals surface area contributed by atoms with E-state index in [0.717, 1.165) is 50.5 Å². The molecule has 3 aromatic rings. The number of hydrogen-bond acceptors (Lipinski definition) is 2. The molecule has 2 aliphatic heterocycles. The molecule has 0 aliphatic carbocycles. The minimum atomic E-state index is -0.313. The summed E-state index contributed by atoms with van der Waals surface area (Å²) >= 11 is 1.71. The van der Waals surface area contributed by atoms with Gasteiger partial charge in [0.15, 0.2) is 5.78 Å². The molecule has 0 radical (unpaired) electrons. The smallest absolute Gasteiger partial charge is 0.163 e. The monoisotopic (exact) mass is 522 g/mol. The van der Waals surface area contributed by atoms with Crippen LogP contribution in [0, 0.1) is 11.6 Å². The topological polar surface area (TPSA) is 26.0 Å². The number of quaternary nitrogens is 2. The lowest BCUT2D eigenvalue weighted by molar-refractivity contribution is -1.03. The Morgan fingerprint density at radius 3 is 2.38 bits per heavy atom. The third-order valence-electron chi connectivity index (χ3n) is 7.94. The number of Topliss-reactive ketones (excluding diaryl/α,β-unsaturated/α-hetero) is 1. The number of nitrogens with one attached hydrogen (secondary N) is 2. The van der Waals surface area contributed by atoms with Crippen LogP contribution in [-0.4, -0.2) is 38.5 Å². The SMILES string of the molecule is CC(C)c1ccc2c(c1)[C@H]([NH+]1CC[NH+](CCCC(=O)c3ccc(F)cc3)CC1)Cc1ccc(F)cc1S2. The van der Waals surface area contributed by atoms with E-state index in [-0.39, 0.29) is 17.4 Å². The van der Waals surface area contributed by atoms with Crippen LogP contribution >= 0.6 is 11.8 Å². The lowest BCUT2D eigenvalue weighted by Gasteiger charge is -2.35. The molecule has 0 aromatic heterocycles. The fourth-order valence-corrected chi connectivity index (χ4v) is 6.84. The maximum Gasteiger partial charge on any atom is 0.163 e. The Kier molecular flexibility index (Phi) is 8.08. The van der Waals surface area contributed by atoms with E-state index in [0.29, 0.717) is 23.9 Å². The van der Waals surface area contributed by atoms with Crippen LogP contribution in [0.5, 0.6) is 0 Å². The number of rotatable bonds is 7. The number of carbonyl (C=O) groups is 1. The highest BCUT2D eigenvalue weighted by molar-refractivity contribution is 7.99. The molecule has 0 spiro atoms. The molecule has 5 rings (SSSR count). The van der Waals surface area contributed by atoms with E-state index in [1.807, 2.05) is 6.07 Å². The Balaban J connectivity index is 1.24. The number of carbonyl (C=O) groups excluding carboxylic acids is 1. The highest BCUT2D eigenvalue weighted by Gasteiger charge is 2.34. The molecule has 2 N–H and O–H groups in total. The van der Waals surface area contributed by atoms with E-state index in [9.17, 15) is 13.6 Å². The van der Waals surface area contributed by atoms with Gasteiger partial charge in [-0.25, -0.2) is 8.78 Å². The number of halogens is 2. The van der Waals surface area contributed by atoms with Gasteiger partial charge in [-0.2, -0.15) is 0 Å². The fourth-order valence-electron chi connectivity index (χ4n) is 5.70. The van der Waals surface area contributed by atoms with E-state index in [1.54, 1.807) is 45.8 Å². The van der Waals surface area contributed by atoms with Crippen LogP contribution in [0.3, 0.4) is 0 Å². The normalized spacial score (nSPS) is 21.3. The fraction of sp³-hybridized carbons (Fsp3) is 0.387. The van der Waals surface area contributed by atoms with E-state index in [4.69, 9.17) is 0 Å². The van der Waals surface area contributed by atoms with Crippen molar-refractivity contribution < 1.29 is 23.4 Å². The minimum absolute atomic E-state index is 0.0901. The van der Waals surface area contributed by atoms with Gasteiger partial charge in [-0.05, 0) is 65.6 Å². The van der Waals surface area contributed by atoms with Crippen LogP contribution < -0.4 is 9.80 Å². The Hall–Kier alpha value is -2.54. The van der Waals surface area contributed by atoms with Crippen LogP contribution in [0.15, 0.2) is 70.5 Å². The molecule has 194 valence electrons. The van der Waals surface area contributed by atoms with Crippen molar-refractivity contribution in [3.63, 3.8) is 0 Å². The summed E-state index contributed by atoms with van der Waals surface area (Å²) < 4.78 is 27.2. The first-order valence-corrected chi connectivity index (χ1v) is 14.3. The average Bonchev–Trinajstić information content (AvgIpc) is 3.05. The molecule has 1 fully saturated rings. The molecule has 2 aliphatic rings. The van der Waals surface area contributed by atoms with Crippen LogP contribution in [0.1, 0.15) is 65.7 Å². The Labute approximate surface area is 222 Å². The Morgan fingerprint density at radius 1 is 0.919 bits per heavy atom. The minimum Gasteiger partial charge on any atom is -0.326 e. The summed E-state index contributed by atoms with van der Waals surface area (Å²) in [4.78, 5) is 17.9. The van der Waals surface area contributed by atoms with Gasteiger partial charge in [0.05, 0.1) is 6.54 Å². The molecule has 1 saturated heterocycles. The van der Waals surface area contributed by atoms with Gasteiger partial charge in [-0.15, -0.1) is 0 Å². The number of ketones is 1. The first-order chi connectivity index (χ1) is 17.9. The summed E-state index contributed by atoms with van der Waals surface area (Å²) in [6.07, 6.45) is 2.28. The second-order valence-electron chi connectivity index (χ2n) is 10.8. The van der Waals surface area contributed by atoms with Crippen LogP contribution in [-0.2, 0) is 6.42 Å². The van der Waals surface area contributed by atoms with Crippen molar-refractivity contribution in [1.29, 1.82) is 0 Å². The molecule has 3 aromatic carbocycles. The summed E-state index contributed by atoms with van der Waals surface area (Å²) in [6.45, 7) is 9.78. The zero-order valence-electron chi connectivity index (χ0n) is 21.7. The third kappa shape index (κ3) is 6.14. The molecule has 1 atom stereocenters. The van der Waals surface area contributed by atoms with E-state index in [2.05, 4.69) is 32.0 Å². The van der Waals surface area contributed by atoms with Crippen LogP contribution in [0.4, 0.5) is 8.78 Å². The highest BCUT2D eigenvalue weighted by Crippen LogP contribution is 2.41. The molecule has 0 amide bonds. The molecular formula is C31H36F2N2OS+2. The lowest BCUT2D eigenvalue weighted by atomic mass is 9.93. The molecule has 0 saturated carbocycles. The quantitative estimate of drug-likeness (QED) is 0.453. The molecule has 3 nitrogen and oxygen atoms in total. The summed E-state index contributed by atoms with van der Waals surface area (Å²) in [5.41, 5.74) is 4.59. The Bertz CT molecular complexity index is 1250. The van der Waals surface area contributed by atoms with Gasteiger partial charge in [-0.1, -0.05) is 37.7 Å². The van der Waals surface area contributed by atoms with Gasteiger partial charge in [0.25, 0.3) is 0 Å². The molecule has 0 bridgehead atoms. The van der Waals surface area contributed by atoms with Crippen LogP contribution in [0.25, 0.3) is 0 Å². The van der Waals surface area contributed by atoms with Crippen molar-refractivity contribution >= 4 is 17.5 Å². The largest absolute Gasteiger partial charge is 0.326 e. The van der Waals surface area contributed by atoms with E-state index >= 15 is 0 Å². The van der Waals surface area contributed by atoms with Gasteiger partial charge in [-0.3, -0.25) is 4.79 Å². The maximum atomic E-state index is 14.1. The van der Waals surface area contributed by atoms with Crippen molar-refractivity contribution in [2.24, 2.45) is 0 Å². The van der Waals surface area contributed by atoms with Crippen molar-refractivity contribution in [3.05, 3.63) is 94.6 Å². The van der Waals surface area contributed by atoms with Gasteiger partial charge in [0.2, 0.25) is 0 Å². The number of fused-ring (bicyclic) bond motifs is 2. The first kappa shape index (κ1) is 26.1. The second kappa shape index (κ2) is 11.5. The van der Waals surface area contributed by atoms with Gasteiger partial charge in [0, 0.05) is 40.2 Å². The van der Waals surface area contributed by atoms with Crippen molar-refractivity contribution in [2.75, 3.05) is 32.7 Å². The van der Waals surface area contributed by atoms with Crippen LogP contribution in [0.2, 0.25) is 0 Å². The predicted molar refractivity (Wildman–Crippen MR) is 144 cm³/mol. The zero-order valence-corrected chi connectivity index (χ0v) is 22.5. The zero-order chi connectivity index (χ0) is 25.9. The van der Waals surface area contributed by atoms with E-state index in [1.165, 1.54) is 33.7 Å². The maximum absolute atomic E-state index is 14.1. The van der Waals surface area contributed by atoms with Gasteiger partial charge >= 0.3 is 0 Å². The number of hydrogen-bond donors (Lipinski definition) is 2. The van der Waals surface area contributed by atoms with E-state index < -0.39 is 0 Å². The summed E-state index contributed by atoms with van der Waals surface area (Å²) in [6, 6.07) is 18.3. The third-order valence-corrected chi connectivity index (χ3v) is 9.13. The number of benzene rings is 3. The lowest BCUT2D eigenvalue weighted by Crippen LogP contribution is -3.28. The van der Waals surface area contributed by atoms with Crippen molar-refractivity contribution in [3.8, 4) is 0 Å². The highest BCUT2D eigenvalue weighted by atomic mass is 32.2. The summed E-state index contributed by atoms with van der Waals surface area (Å²) in [7, 11) is 0. The van der Waals surface area contributed by atoms with Gasteiger partial charge < -0.3 is 9.80 Å². The predicted octanol–water partition coefficient (Wildman–Crippen LogP) is 4.28. The molecule has 0 unspecified atom stereocenters. The number of piperazine rings is 1. The van der Waals surface area contributed by atoms with Gasteiger partial charge in [0.1, 0.15) is 43.9 Å². The second-order valence-corrected chi connectivity index (χ2v) is 11.8. The van der Waals surface area contributed by atoms with Crippen molar-refractivity contribution in [2.45, 2.75) is 54.9 Å². The standard InChI is InChI=1S/C31H34F2N2OS/c1-21(2)23-8-12-30-27(18-23)28(19-24-7-11-26(33)20-31(24)37-30)35-16-14-34(15-17-35)13-3-4-29(36)22-5-9-25(32)10-6-22/h5-12,18,20-21,28H,3-4,13-17,19H2,1-2H3/p+2/t28-/m1/s1.